The molecule has 1 fully saturated rings. The third-order valence-electron chi connectivity index (χ3n) is 7.43. The maximum atomic E-state index is 13.4. The number of halogens is 3. The topological polar surface area (TPSA) is 70.6 Å². The Balaban J connectivity index is 1.43. The summed E-state index contributed by atoms with van der Waals surface area (Å²) < 4.78 is 39.6. The molecule has 35 heavy (non-hydrogen) atoms. The Bertz CT molecular complexity index is 1260. The molecule has 3 aliphatic rings. The number of fused-ring (bicyclic) bond motifs is 1. The van der Waals surface area contributed by atoms with E-state index in [0.717, 1.165) is 46.4 Å². The van der Waals surface area contributed by atoms with Gasteiger partial charge in [0.2, 0.25) is 5.91 Å². The molecule has 0 bridgehead atoms. The minimum Gasteiger partial charge on any atom is -0.336 e. The Hall–Kier alpha value is -3.42. The summed E-state index contributed by atoms with van der Waals surface area (Å²) in [5, 5.41) is 4.77. The summed E-state index contributed by atoms with van der Waals surface area (Å²) in [4.78, 5) is 29.8. The molecule has 2 aromatic rings. The predicted octanol–water partition coefficient (Wildman–Crippen LogP) is 5.04. The van der Waals surface area contributed by atoms with Crippen molar-refractivity contribution in [2.24, 2.45) is 10.4 Å². The van der Waals surface area contributed by atoms with Crippen LogP contribution in [-0.2, 0) is 16.0 Å². The highest BCUT2D eigenvalue weighted by molar-refractivity contribution is 6.25. The Labute approximate surface area is 201 Å². The van der Waals surface area contributed by atoms with Gasteiger partial charge in [0.25, 0.3) is 0 Å². The van der Waals surface area contributed by atoms with Crippen molar-refractivity contribution in [1.82, 2.24) is 5.32 Å². The molecule has 5 rings (SSSR count). The van der Waals surface area contributed by atoms with Crippen LogP contribution in [0.5, 0.6) is 0 Å². The summed E-state index contributed by atoms with van der Waals surface area (Å²) in [5.74, 6) is -3.28. The number of rotatable bonds is 5. The van der Waals surface area contributed by atoms with Crippen molar-refractivity contribution < 1.29 is 22.8 Å². The second-order valence-corrected chi connectivity index (χ2v) is 9.79. The van der Waals surface area contributed by atoms with Crippen molar-refractivity contribution in [1.29, 1.82) is 0 Å². The molecule has 1 saturated carbocycles. The Morgan fingerprint density at radius 3 is 2.34 bits per heavy atom. The van der Waals surface area contributed by atoms with Crippen LogP contribution in [0.3, 0.4) is 0 Å². The van der Waals surface area contributed by atoms with E-state index in [-0.39, 0.29) is 5.41 Å². The van der Waals surface area contributed by atoms with E-state index >= 15 is 0 Å². The minimum atomic E-state index is -5.08. The second-order valence-electron chi connectivity index (χ2n) is 9.79. The van der Waals surface area contributed by atoms with Gasteiger partial charge in [0.1, 0.15) is 6.04 Å². The first kappa shape index (κ1) is 23.3. The third-order valence-corrected chi connectivity index (χ3v) is 7.43. The first-order chi connectivity index (χ1) is 16.6. The number of carbonyl (C=O) groups excluding carboxylic acids is 2. The second kappa shape index (κ2) is 8.36. The Morgan fingerprint density at radius 1 is 1.06 bits per heavy atom. The number of nitrogens with zero attached hydrogens (tertiary/aromatic N) is 1. The number of carbonyl (C=O) groups is 2. The summed E-state index contributed by atoms with van der Waals surface area (Å²) in [6.45, 7) is 4.62. The van der Waals surface area contributed by atoms with E-state index in [0.29, 0.717) is 18.7 Å². The lowest BCUT2D eigenvalue weighted by molar-refractivity contribution is -0.175. The van der Waals surface area contributed by atoms with E-state index in [1.165, 1.54) is 0 Å². The van der Waals surface area contributed by atoms with Crippen LogP contribution in [0.25, 0.3) is 5.57 Å². The SMILES string of the molecule is CC1=NCC(C)=C1c1ccc(NC(=O)[C@@H](NC(=O)C(F)(F)F)C2c3ccccc3CC23CC3)cc1. The largest absolute Gasteiger partial charge is 0.471 e. The van der Waals surface area contributed by atoms with Gasteiger partial charge in [-0.3, -0.25) is 14.6 Å². The molecule has 1 unspecified atom stereocenters. The predicted molar refractivity (Wildman–Crippen MR) is 128 cm³/mol. The zero-order valence-electron chi connectivity index (χ0n) is 19.5. The van der Waals surface area contributed by atoms with E-state index in [1.807, 2.05) is 55.6 Å². The van der Waals surface area contributed by atoms with E-state index in [4.69, 9.17) is 0 Å². The van der Waals surface area contributed by atoms with Crippen molar-refractivity contribution in [2.75, 3.05) is 11.9 Å². The van der Waals surface area contributed by atoms with Crippen molar-refractivity contribution in [3.8, 4) is 0 Å². The van der Waals surface area contributed by atoms with Gasteiger partial charge < -0.3 is 10.6 Å². The average Bonchev–Trinajstić information content (AvgIpc) is 3.39. The number of benzene rings is 2. The van der Waals surface area contributed by atoms with Crippen molar-refractivity contribution in [3.05, 3.63) is 70.8 Å². The first-order valence-corrected chi connectivity index (χ1v) is 11.7. The van der Waals surface area contributed by atoms with Crippen LogP contribution in [-0.4, -0.2) is 36.3 Å². The Morgan fingerprint density at radius 2 is 1.74 bits per heavy atom. The maximum absolute atomic E-state index is 13.4. The lowest BCUT2D eigenvalue weighted by Crippen LogP contribution is -2.52. The normalized spacial score (nSPS) is 20.9. The molecule has 2 atom stereocenters. The number of amides is 2. The van der Waals surface area contributed by atoms with E-state index in [2.05, 4.69) is 10.3 Å². The smallest absolute Gasteiger partial charge is 0.336 e. The number of anilines is 1. The van der Waals surface area contributed by atoms with Gasteiger partial charge in [-0.25, -0.2) is 0 Å². The number of aliphatic imine (C=N–C) groups is 1. The van der Waals surface area contributed by atoms with Gasteiger partial charge in [-0.2, -0.15) is 13.2 Å². The lowest BCUT2D eigenvalue weighted by Gasteiger charge is -2.30. The molecule has 1 heterocycles. The molecular formula is C27H26F3N3O2. The monoisotopic (exact) mass is 481 g/mol. The molecule has 1 aliphatic heterocycles. The van der Waals surface area contributed by atoms with Crippen molar-refractivity contribution in [3.63, 3.8) is 0 Å². The maximum Gasteiger partial charge on any atom is 0.471 e. The van der Waals surface area contributed by atoms with E-state index in [9.17, 15) is 22.8 Å². The molecular weight excluding hydrogens is 455 g/mol. The van der Waals surface area contributed by atoms with Crippen molar-refractivity contribution >= 4 is 28.8 Å². The number of allylic oxidation sites excluding steroid dienone is 1. The van der Waals surface area contributed by atoms with Gasteiger partial charge in [-0.05, 0) is 72.9 Å². The molecule has 0 saturated heterocycles. The fourth-order valence-corrected chi connectivity index (χ4v) is 5.62. The Kier molecular flexibility index (Phi) is 5.57. The van der Waals surface area contributed by atoms with Crippen LogP contribution in [0, 0.1) is 5.41 Å². The molecule has 1 spiro atoms. The number of hydrogen-bond acceptors (Lipinski definition) is 3. The van der Waals surface area contributed by atoms with Crippen LogP contribution in [0.15, 0.2) is 59.1 Å². The molecule has 182 valence electrons. The van der Waals surface area contributed by atoms with Crippen LogP contribution in [0.1, 0.15) is 49.3 Å². The summed E-state index contributed by atoms with van der Waals surface area (Å²) in [6.07, 6.45) is -2.77. The average molecular weight is 482 g/mol. The summed E-state index contributed by atoms with van der Waals surface area (Å²) >= 11 is 0. The first-order valence-electron chi connectivity index (χ1n) is 11.7. The fraction of sp³-hybridized carbons (Fsp3) is 0.370. The molecule has 5 nitrogen and oxygen atoms in total. The van der Waals surface area contributed by atoms with Crippen molar-refractivity contribution in [2.45, 2.75) is 51.2 Å². The van der Waals surface area contributed by atoms with Gasteiger partial charge in [0.05, 0.1) is 6.54 Å². The molecule has 2 N–H and O–H groups in total. The van der Waals surface area contributed by atoms with Crippen LogP contribution < -0.4 is 10.6 Å². The molecule has 2 amide bonds. The van der Waals surface area contributed by atoms with E-state index < -0.39 is 30.0 Å². The zero-order chi connectivity index (χ0) is 25.0. The van der Waals surface area contributed by atoms with Gasteiger partial charge in [-0.1, -0.05) is 36.4 Å². The number of nitrogens with one attached hydrogen (secondary N) is 2. The summed E-state index contributed by atoms with van der Waals surface area (Å²) in [7, 11) is 0. The van der Waals surface area contributed by atoms with Gasteiger partial charge in [0.15, 0.2) is 0 Å². The highest BCUT2D eigenvalue weighted by Crippen LogP contribution is 2.64. The molecule has 0 radical (unpaired) electrons. The van der Waals surface area contributed by atoms with E-state index in [1.54, 1.807) is 12.1 Å². The highest BCUT2D eigenvalue weighted by Gasteiger charge is 2.59. The standard InChI is InChI=1S/C27H26F3N3O2/c1-15-14-31-16(2)21(15)17-7-9-19(10-8-17)32-24(34)23(33-25(35)27(28,29)30)22-20-6-4-3-5-18(20)13-26(22)11-12-26/h3-10,22-23H,11-14H2,1-2H3,(H,32,34)(H,33,35)/t22?,23-/m0/s1. The van der Waals surface area contributed by atoms with Gasteiger partial charge in [-0.15, -0.1) is 0 Å². The number of alkyl halides is 3. The molecule has 0 aromatic heterocycles. The number of hydrogen-bond donors (Lipinski definition) is 2. The van der Waals surface area contributed by atoms with Gasteiger partial charge >= 0.3 is 12.1 Å². The quantitative estimate of drug-likeness (QED) is 0.628. The van der Waals surface area contributed by atoms with Gasteiger partial charge in [0, 0.05) is 22.9 Å². The third kappa shape index (κ3) is 4.26. The minimum absolute atomic E-state index is 0.294. The molecule has 2 aliphatic carbocycles. The van der Waals surface area contributed by atoms with Crippen LogP contribution in [0.4, 0.5) is 18.9 Å². The molecule has 8 heteroatoms. The van der Waals surface area contributed by atoms with Crippen LogP contribution >= 0.6 is 0 Å². The summed E-state index contributed by atoms with van der Waals surface area (Å²) in [5.41, 5.74) is 6.15. The van der Waals surface area contributed by atoms with Crippen LogP contribution in [0.2, 0.25) is 0 Å². The fourth-order valence-electron chi connectivity index (χ4n) is 5.62. The zero-order valence-corrected chi connectivity index (χ0v) is 19.5. The lowest BCUT2D eigenvalue weighted by atomic mass is 9.82. The highest BCUT2D eigenvalue weighted by atomic mass is 19.4. The summed E-state index contributed by atoms with van der Waals surface area (Å²) in [6, 6.07) is 13.3. The molecule has 2 aromatic carbocycles.